The first kappa shape index (κ1) is 20.8. The lowest BCUT2D eigenvalue weighted by Gasteiger charge is -2.56. The molecule has 4 heteroatoms. The van der Waals surface area contributed by atoms with E-state index in [-0.39, 0.29) is 22.9 Å². The number of carbonyl (C=O) groups is 2. The normalized spacial score (nSPS) is 39.1. The minimum atomic E-state index is -0.247. The van der Waals surface area contributed by atoms with E-state index in [1.165, 1.54) is 5.57 Å². The molecule has 0 aromatic heterocycles. The number of hydrogen-bond donors (Lipinski definition) is 0. The summed E-state index contributed by atoms with van der Waals surface area (Å²) in [6, 6.07) is 7.12. The predicted octanol–water partition coefficient (Wildman–Crippen LogP) is 5.75. The van der Waals surface area contributed by atoms with Crippen LogP contribution in [-0.4, -0.2) is 25.0 Å². The van der Waals surface area contributed by atoms with Crippen molar-refractivity contribution in [1.29, 1.82) is 0 Å². The van der Waals surface area contributed by atoms with Gasteiger partial charge in [0, 0.05) is 18.3 Å². The third-order valence-electron chi connectivity index (χ3n) is 9.37. The third kappa shape index (κ3) is 3.25. The molecule has 0 bridgehead atoms. The summed E-state index contributed by atoms with van der Waals surface area (Å²) in [5, 5.41) is 0. The number of methoxy groups -OCH3 is 1. The van der Waals surface area contributed by atoms with Crippen LogP contribution in [-0.2, 0) is 9.53 Å². The number of ether oxygens (including phenoxy) is 2. The summed E-state index contributed by atoms with van der Waals surface area (Å²) in [6.45, 7) is 4.68. The molecule has 0 radical (unpaired) electrons. The number of esters is 1. The fraction of sp³-hybridized carbons (Fsp3) is 0.630. The highest BCUT2D eigenvalue weighted by Gasteiger charge is 2.58. The maximum atomic E-state index is 12.7. The molecule has 3 saturated carbocycles. The predicted molar refractivity (Wildman–Crippen MR) is 119 cm³/mol. The maximum Gasteiger partial charge on any atom is 0.338 e. The first-order chi connectivity index (χ1) is 14.8. The number of benzene rings is 1. The molecule has 31 heavy (non-hydrogen) atoms. The number of fused-ring (bicyclic) bond motifs is 5. The van der Waals surface area contributed by atoms with Crippen molar-refractivity contribution < 1.29 is 19.1 Å². The van der Waals surface area contributed by atoms with E-state index in [1.807, 2.05) is 0 Å². The van der Waals surface area contributed by atoms with Gasteiger partial charge in [-0.25, -0.2) is 4.79 Å². The fourth-order valence-corrected chi connectivity index (χ4v) is 7.45. The Labute approximate surface area is 185 Å². The quantitative estimate of drug-likeness (QED) is 0.459. The van der Waals surface area contributed by atoms with E-state index in [4.69, 9.17) is 9.47 Å². The van der Waals surface area contributed by atoms with Crippen LogP contribution in [0.2, 0.25) is 0 Å². The zero-order chi connectivity index (χ0) is 21.8. The van der Waals surface area contributed by atoms with Crippen molar-refractivity contribution in [3.63, 3.8) is 0 Å². The fourth-order valence-electron chi connectivity index (χ4n) is 7.45. The SMILES string of the molecule is COc1ccc(C(=O)O[C@H]2CC[C@@]3(C)C(=CC[C@@H]4[C@@H]3CC[C@]3(C)C(=O)CC[C@@H]43)C2)cc1. The van der Waals surface area contributed by atoms with Gasteiger partial charge in [-0.3, -0.25) is 4.79 Å². The van der Waals surface area contributed by atoms with Crippen LogP contribution in [0.5, 0.6) is 5.75 Å². The number of Topliss-reactive ketones (excluding diaryl/α,β-unsaturated/α-hetero) is 1. The summed E-state index contributed by atoms with van der Waals surface area (Å²) in [7, 11) is 1.62. The lowest BCUT2D eigenvalue weighted by atomic mass is 9.48. The van der Waals surface area contributed by atoms with Crippen molar-refractivity contribution in [1.82, 2.24) is 0 Å². The Morgan fingerprint density at radius 2 is 1.71 bits per heavy atom. The van der Waals surface area contributed by atoms with Gasteiger partial charge in [0.2, 0.25) is 0 Å². The summed E-state index contributed by atoms with van der Waals surface area (Å²) in [4.78, 5) is 25.3. The van der Waals surface area contributed by atoms with Crippen molar-refractivity contribution in [2.75, 3.05) is 7.11 Å². The molecular weight excluding hydrogens is 388 g/mol. The van der Waals surface area contributed by atoms with Gasteiger partial charge < -0.3 is 9.47 Å². The van der Waals surface area contributed by atoms with Crippen molar-refractivity contribution in [3.05, 3.63) is 41.5 Å². The molecule has 0 N–H and O–H groups in total. The maximum absolute atomic E-state index is 12.7. The number of hydrogen-bond acceptors (Lipinski definition) is 4. The van der Waals surface area contributed by atoms with Crippen LogP contribution < -0.4 is 4.74 Å². The minimum absolute atomic E-state index is 0.0487. The standard InChI is InChI=1S/C27H34O4/c1-26-14-12-20(31-25(29)17-4-7-19(30-3)8-5-17)16-18(26)6-9-21-22-10-11-24(28)27(22,2)15-13-23(21)26/h4-8,20-23H,9-16H2,1-3H3/t20-,21-,22-,23-,26-,27-/m0/s1. The molecule has 6 atom stereocenters. The molecule has 0 heterocycles. The number of rotatable bonds is 3. The highest BCUT2D eigenvalue weighted by atomic mass is 16.5. The van der Waals surface area contributed by atoms with E-state index in [9.17, 15) is 9.59 Å². The molecule has 0 unspecified atom stereocenters. The third-order valence-corrected chi connectivity index (χ3v) is 9.37. The Hall–Kier alpha value is -2.10. The molecule has 166 valence electrons. The molecule has 0 amide bonds. The highest BCUT2D eigenvalue weighted by molar-refractivity contribution is 5.89. The molecule has 4 aliphatic carbocycles. The average molecular weight is 423 g/mol. The molecule has 4 aliphatic rings. The molecule has 0 saturated heterocycles. The summed E-state index contributed by atoms with van der Waals surface area (Å²) in [5.74, 6) is 2.85. The second-order valence-electron chi connectivity index (χ2n) is 10.7. The zero-order valence-corrected chi connectivity index (χ0v) is 19.0. The zero-order valence-electron chi connectivity index (χ0n) is 19.0. The van der Waals surface area contributed by atoms with E-state index in [0.717, 1.165) is 57.1 Å². The van der Waals surface area contributed by atoms with E-state index in [1.54, 1.807) is 31.4 Å². The topological polar surface area (TPSA) is 52.6 Å². The van der Waals surface area contributed by atoms with Gasteiger partial charge in [0.1, 0.15) is 17.6 Å². The molecular formula is C27H34O4. The lowest BCUT2D eigenvalue weighted by molar-refractivity contribution is -0.132. The Kier molecular flexibility index (Phi) is 5.02. The van der Waals surface area contributed by atoms with Crippen molar-refractivity contribution in [3.8, 4) is 5.75 Å². The largest absolute Gasteiger partial charge is 0.497 e. The molecule has 3 fully saturated rings. The number of allylic oxidation sites excluding steroid dienone is 1. The van der Waals surface area contributed by atoms with Crippen LogP contribution in [0.4, 0.5) is 0 Å². The van der Waals surface area contributed by atoms with Crippen LogP contribution in [0.3, 0.4) is 0 Å². The number of carbonyl (C=O) groups excluding carboxylic acids is 2. The molecule has 0 aliphatic heterocycles. The van der Waals surface area contributed by atoms with Crippen molar-refractivity contribution in [2.24, 2.45) is 28.6 Å². The summed E-state index contributed by atoms with van der Waals surface area (Å²) in [5.41, 5.74) is 2.18. The van der Waals surface area contributed by atoms with Gasteiger partial charge in [-0.15, -0.1) is 0 Å². The van der Waals surface area contributed by atoms with Crippen LogP contribution in [0, 0.1) is 28.6 Å². The Morgan fingerprint density at radius 1 is 1.00 bits per heavy atom. The summed E-state index contributed by atoms with van der Waals surface area (Å²) < 4.78 is 11.1. The Bertz CT molecular complexity index is 916. The van der Waals surface area contributed by atoms with Gasteiger partial charge >= 0.3 is 5.97 Å². The molecule has 4 nitrogen and oxygen atoms in total. The lowest BCUT2D eigenvalue weighted by Crippen LogP contribution is -2.50. The second kappa shape index (κ2) is 7.50. The van der Waals surface area contributed by atoms with Crippen LogP contribution in [0.15, 0.2) is 35.9 Å². The van der Waals surface area contributed by atoms with E-state index in [0.29, 0.717) is 29.1 Å². The molecule has 0 spiro atoms. The average Bonchev–Trinajstić information content (AvgIpc) is 3.08. The Morgan fingerprint density at radius 3 is 2.45 bits per heavy atom. The molecule has 1 aromatic rings. The summed E-state index contributed by atoms with van der Waals surface area (Å²) in [6.07, 6.45) is 10.4. The second-order valence-corrected chi connectivity index (χ2v) is 10.7. The number of ketones is 1. The Balaban J connectivity index is 1.30. The minimum Gasteiger partial charge on any atom is -0.497 e. The van der Waals surface area contributed by atoms with E-state index < -0.39 is 0 Å². The van der Waals surface area contributed by atoms with Crippen molar-refractivity contribution >= 4 is 11.8 Å². The van der Waals surface area contributed by atoms with Crippen molar-refractivity contribution in [2.45, 2.75) is 71.3 Å². The van der Waals surface area contributed by atoms with Crippen LogP contribution in [0.25, 0.3) is 0 Å². The van der Waals surface area contributed by atoms with E-state index >= 15 is 0 Å². The monoisotopic (exact) mass is 422 g/mol. The van der Waals surface area contributed by atoms with Crippen LogP contribution in [0.1, 0.15) is 75.6 Å². The van der Waals surface area contributed by atoms with Gasteiger partial charge in [-0.1, -0.05) is 25.5 Å². The highest BCUT2D eigenvalue weighted by Crippen LogP contribution is 2.64. The van der Waals surface area contributed by atoms with E-state index in [2.05, 4.69) is 19.9 Å². The first-order valence-electron chi connectivity index (χ1n) is 11.9. The smallest absolute Gasteiger partial charge is 0.338 e. The van der Waals surface area contributed by atoms with Gasteiger partial charge in [0.05, 0.1) is 12.7 Å². The van der Waals surface area contributed by atoms with Gasteiger partial charge in [-0.05, 0) is 86.0 Å². The molecule has 5 rings (SSSR count). The summed E-state index contributed by atoms with van der Waals surface area (Å²) >= 11 is 0. The van der Waals surface area contributed by atoms with Gasteiger partial charge in [0.15, 0.2) is 0 Å². The molecule has 1 aromatic carbocycles. The first-order valence-corrected chi connectivity index (χ1v) is 11.9. The van der Waals surface area contributed by atoms with Gasteiger partial charge in [-0.2, -0.15) is 0 Å². The van der Waals surface area contributed by atoms with Crippen LogP contribution >= 0.6 is 0 Å². The van der Waals surface area contributed by atoms with Gasteiger partial charge in [0.25, 0.3) is 0 Å².